The molecule has 0 saturated carbocycles. The minimum atomic E-state index is -0.902. The van der Waals surface area contributed by atoms with Crippen LogP contribution < -0.4 is 0 Å². The molecule has 0 spiro atoms. The maximum absolute atomic E-state index is 10.7. The van der Waals surface area contributed by atoms with Crippen molar-refractivity contribution in [1.82, 2.24) is 0 Å². The van der Waals surface area contributed by atoms with E-state index in [0.29, 0.717) is 0 Å². The van der Waals surface area contributed by atoms with Gasteiger partial charge in [0.1, 0.15) is 7.85 Å². The molecule has 82 valence electrons. The van der Waals surface area contributed by atoms with Crippen molar-refractivity contribution in [2.24, 2.45) is 0 Å². The van der Waals surface area contributed by atoms with Gasteiger partial charge in [0.15, 0.2) is 0 Å². The first-order valence-electron chi connectivity index (χ1n) is 3.31. The van der Waals surface area contributed by atoms with Crippen LogP contribution >= 0.6 is 90.4 Å². The lowest BCUT2D eigenvalue weighted by atomic mass is 10.2. The average Bonchev–Trinajstić information content (AvgIpc) is 2.12. The van der Waals surface area contributed by atoms with Crippen molar-refractivity contribution in [3.8, 4) is 0 Å². The summed E-state index contributed by atoms with van der Waals surface area (Å²) in [7, 11) is 0. The van der Waals surface area contributed by atoms with Crippen LogP contribution in [0, 0.1) is 0 Å². The molecule has 0 rings (SSSR count). The largest absolute Gasteiger partial charge is 0.480 e. The van der Waals surface area contributed by atoms with Crippen LogP contribution in [0.2, 0.25) is 0 Å². The van der Waals surface area contributed by atoms with Gasteiger partial charge in [-0.1, -0.05) is 90.4 Å². The van der Waals surface area contributed by atoms with Crippen LogP contribution in [0.5, 0.6) is 0 Å². The second kappa shape index (κ2) is 7.24. The Morgan fingerprint density at radius 2 is 1.00 bits per heavy atom. The Morgan fingerprint density at radius 3 is 1.14 bits per heavy atom. The van der Waals surface area contributed by atoms with Crippen molar-refractivity contribution in [2.45, 2.75) is 15.7 Å². The van der Waals surface area contributed by atoms with Gasteiger partial charge in [-0.05, 0) is 0 Å². The first-order chi connectivity index (χ1) is 6.29. The zero-order chi connectivity index (χ0) is 11.5. The van der Waals surface area contributed by atoms with Gasteiger partial charge in [0.25, 0.3) is 0 Å². The zero-order valence-electron chi connectivity index (χ0n) is 6.53. The van der Waals surface area contributed by atoms with Crippen molar-refractivity contribution in [3.63, 3.8) is 0 Å². The third kappa shape index (κ3) is 4.80. The van der Waals surface area contributed by atoms with Gasteiger partial charge in [0.05, 0.1) is 0 Å². The maximum Gasteiger partial charge on any atom is 0.317 e. The molecule has 0 aliphatic heterocycles. The predicted molar refractivity (Wildman–Crippen MR) is 86.5 cm³/mol. The SMILES string of the molecule is O=C(O)C(I)C(I)C(I)C(I)C(=O)O. The van der Waals surface area contributed by atoms with E-state index in [2.05, 4.69) is 0 Å². The van der Waals surface area contributed by atoms with E-state index >= 15 is 0 Å². The smallest absolute Gasteiger partial charge is 0.317 e. The number of carbonyl (C=O) groups is 2. The molecule has 0 saturated heterocycles. The van der Waals surface area contributed by atoms with Gasteiger partial charge >= 0.3 is 11.9 Å². The summed E-state index contributed by atoms with van der Waals surface area (Å²) in [5.41, 5.74) is 0. The van der Waals surface area contributed by atoms with E-state index in [1.807, 2.05) is 90.4 Å². The lowest BCUT2D eigenvalue weighted by molar-refractivity contribution is -0.137. The van der Waals surface area contributed by atoms with Crippen molar-refractivity contribution in [1.29, 1.82) is 0 Å². The van der Waals surface area contributed by atoms with Crippen LogP contribution in [0.25, 0.3) is 0 Å². The third-order valence-corrected chi connectivity index (χ3v) is 11.1. The molecule has 2 N–H and O–H groups in total. The highest BCUT2D eigenvalue weighted by Crippen LogP contribution is 2.30. The summed E-state index contributed by atoms with van der Waals surface area (Å²) in [4.78, 5) is 21.3. The summed E-state index contributed by atoms with van der Waals surface area (Å²) in [5, 5.41) is 17.5. The summed E-state index contributed by atoms with van der Waals surface area (Å²) in [5.74, 6) is -1.80. The minimum absolute atomic E-state index is 0.204. The fraction of sp³-hybridized carbons (Fsp3) is 0.667. The molecule has 4 unspecified atom stereocenters. The van der Waals surface area contributed by atoms with Crippen molar-refractivity contribution in [2.75, 3.05) is 0 Å². The van der Waals surface area contributed by atoms with E-state index < -0.39 is 19.8 Å². The lowest BCUT2D eigenvalue weighted by Crippen LogP contribution is -2.38. The summed E-state index contributed by atoms with van der Waals surface area (Å²) in [6.07, 6.45) is 0. The molecule has 0 aromatic heterocycles. The highest BCUT2D eigenvalue weighted by molar-refractivity contribution is 14.1. The van der Waals surface area contributed by atoms with Crippen molar-refractivity contribution >= 4 is 102 Å². The fourth-order valence-corrected chi connectivity index (χ4v) is 4.52. The van der Waals surface area contributed by atoms with Crippen LogP contribution in [0.4, 0.5) is 0 Å². The number of alkyl halides is 4. The van der Waals surface area contributed by atoms with E-state index in [4.69, 9.17) is 10.2 Å². The molecular formula is C6H6I4O4. The Labute approximate surface area is 136 Å². The van der Waals surface area contributed by atoms with Gasteiger partial charge in [-0.3, -0.25) is 9.59 Å². The van der Waals surface area contributed by atoms with Gasteiger partial charge in [-0.25, -0.2) is 0 Å². The molecular weight excluding hydrogens is 644 g/mol. The van der Waals surface area contributed by atoms with Crippen LogP contribution in [0.15, 0.2) is 0 Å². The predicted octanol–water partition coefficient (Wildman–Crippen LogP) is 2.37. The third-order valence-electron chi connectivity index (χ3n) is 1.34. The highest BCUT2D eigenvalue weighted by Gasteiger charge is 2.35. The second-order valence-electron chi connectivity index (χ2n) is 2.37. The van der Waals surface area contributed by atoms with Crippen molar-refractivity contribution < 1.29 is 19.8 Å². The van der Waals surface area contributed by atoms with E-state index in [0.717, 1.165) is 0 Å². The Hall–Kier alpha value is 1.86. The standard InChI is InChI=1S/C6H6I4O4/c7-1(3(9)5(11)12)2(8)4(10)6(13)14/h1-4H,(H,11,12)(H,13,14). The zero-order valence-corrected chi connectivity index (χ0v) is 15.2. The molecule has 0 aromatic carbocycles. The first-order valence-corrected chi connectivity index (χ1v) is 8.29. The van der Waals surface area contributed by atoms with Crippen molar-refractivity contribution in [3.05, 3.63) is 0 Å². The average molecular weight is 650 g/mol. The van der Waals surface area contributed by atoms with Gasteiger partial charge in [0.2, 0.25) is 0 Å². The molecule has 0 fully saturated rings. The Morgan fingerprint density at radius 1 is 0.786 bits per heavy atom. The monoisotopic (exact) mass is 650 g/mol. The van der Waals surface area contributed by atoms with Gasteiger partial charge in [-0.15, -0.1) is 0 Å². The van der Waals surface area contributed by atoms with Crippen LogP contribution in [-0.4, -0.2) is 37.9 Å². The molecule has 0 aliphatic carbocycles. The normalized spacial score (nSPS) is 19.4. The molecule has 0 aliphatic rings. The fourth-order valence-electron chi connectivity index (χ4n) is 0.595. The summed E-state index contributed by atoms with van der Waals surface area (Å²) < 4.78 is -1.54. The molecule has 0 amide bonds. The molecule has 0 aromatic rings. The summed E-state index contributed by atoms with van der Waals surface area (Å²) in [6, 6.07) is 0. The van der Waals surface area contributed by atoms with Gasteiger partial charge < -0.3 is 10.2 Å². The molecule has 0 heterocycles. The highest BCUT2D eigenvalue weighted by atomic mass is 127. The van der Waals surface area contributed by atoms with E-state index in [1.54, 1.807) is 0 Å². The van der Waals surface area contributed by atoms with Crippen LogP contribution in [0.1, 0.15) is 0 Å². The quantitative estimate of drug-likeness (QED) is 0.355. The molecule has 0 radical (unpaired) electrons. The number of aliphatic carboxylic acids is 2. The van der Waals surface area contributed by atoms with E-state index in [9.17, 15) is 9.59 Å². The first kappa shape index (κ1) is 15.9. The molecule has 14 heavy (non-hydrogen) atoms. The Kier molecular flexibility index (Phi) is 8.20. The number of hydrogen-bond donors (Lipinski definition) is 2. The van der Waals surface area contributed by atoms with Crippen LogP contribution in [-0.2, 0) is 9.59 Å². The van der Waals surface area contributed by atoms with E-state index in [-0.39, 0.29) is 7.85 Å². The van der Waals surface area contributed by atoms with Crippen LogP contribution in [0.3, 0.4) is 0 Å². The van der Waals surface area contributed by atoms with E-state index in [1.165, 1.54) is 0 Å². The molecule has 0 bridgehead atoms. The molecule has 4 nitrogen and oxygen atoms in total. The topological polar surface area (TPSA) is 74.6 Å². The maximum atomic E-state index is 10.7. The Bertz CT molecular complexity index is 210. The number of carboxylic acid groups (broad SMARTS) is 2. The minimum Gasteiger partial charge on any atom is -0.480 e. The van der Waals surface area contributed by atoms with Gasteiger partial charge in [0, 0.05) is 7.85 Å². The van der Waals surface area contributed by atoms with Gasteiger partial charge in [-0.2, -0.15) is 0 Å². The number of hydrogen-bond acceptors (Lipinski definition) is 2. The second-order valence-corrected chi connectivity index (χ2v) is 7.93. The number of halogens is 4. The molecule has 4 atom stereocenters. The summed E-state index contributed by atoms with van der Waals surface area (Å²) in [6.45, 7) is 0. The lowest BCUT2D eigenvalue weighted by Gasteiger charge is -2.21. The molecule has 8 heteroatoms. The number of rotatable bonds is 5. The summed E-state index contributed by atoms with van der Waals surface area (Å²) >= 11 is 7.63. The number of carboxylic acids is 2. The Balaban J connectivity index is 4.45.